The Morgan fingerprint density at radius 1 is 1.36 bits per heavy atom. The van der Waals surface area contributed by atoms with Gasteiger partial charge >= 0.3 is 0 Å². The number of nitrogens with one attached hydrogen (secondary N) is 1. The number of benzene rings is 1. The zero-order chi connectivity index (χ0) is 10.6. The van der Waals surface area contributed by atoms with Gasteiger partial charge in [-0.2, -0.15) is 0 Å². The fourth-order valence-electron chi connectivity index (χ4n) is 1.04. The highest BCUT2D eigenvalue weighted by molar-refractivity contribution is 5.27. The van der Waals surface area contributed by atoms with E-state index in [1.54, 1.807) is 0 Å². The second-order valence-electron chi connectivity index (χ2n) is 4.24. The Labute approximate surface area is 86.3 Å². The van der Waals surface area contributed by atoms with Crippen LogP contribution in [-0.4, -0.2) is 19.2 Å². The van der Waals surface area contributed by atoms with E-state index in [2.05, 4.69) is 32.2 Å². The first-order chi connectivity index (χ1) is 6.53. The average molecular weight is 193 g/mol. The minimum Gasteiger partial charge on any atom is -0.492 e. The molecule has 0 spiro atoms. The van der Waals surface area contributed by atoms with Crippen molar-refractivity contribution in [3.8, 4) is 5.75 Å². The minimum atomic E-state index is 0.0176. The van der Waals surface area contributed by atoms with Crippen LogP contribution >= 0.6 is 0 Å². The lowest BCUT2D eigenvalue weighted by Crippen LogP contribution is -2.42. The van der Waals surface area contributed by atoms with E-state index in [1.807, 2.05) is 25.2 Å². The van der Waals surface area contributed by atoms with E-state index < -0.39 is 0 Å². The van der Waals surface area contributed by atoms with Gasteiger partial charge in [-0.15, -0.1) is 0 Å². The Morgan fingerprint density at radius 2 is 2.07 bits per heavy atom. The molecule has 0 unspecified atom stereocenters. The molecule has 0 aromatic heterocycles. The maximum Gasteiger partial charge on any atom is 0.119 e. The Morgan fingerprint density at radius 3 is 2.64 bits per heavy atom. The molecule has 0 heterocycles. The summed E-state index contributed by atoms with van der Waals surface area (Å²) < 4.78 is 5.68. The molecule has 0 aliphatic carbocycles. The molecule has 1 N–H and O–H groups in total. The second-order valence-corrected chi connectivity index (χ2v) is 4.24. The summed E-state index contributed by atoms with van der Waals surface area (Å²) in [6, 6.07) is 8.11. The monoisotopic (exact) mass is 193 g/mol. The number of likely N-dealkylation sites (N-methyl/N-ethyl adjacent to an activating group) is 1. The molecule has 1 rings (SSSR count). The van der Waals surface area contributed by atoms with E-state index in [0.717, 1.165) is 5.75 Å². The molecule has 0 bridgehead atoms. The van der Waals surface area contributed by atoms with Crippen LogP contribution in [-0.2, 0) is 0 Å². The SMILES string of the molecule is CNC(C)(C)COc1cccc(C)c1. The van der Waals surface area contributed by atoms with Crippen molar-refractivity contribution in [1.82, 2.24) is 5.32 Å². The van der Waals surface area contributed by atoms with Crippen molar-refractivity contribution in [2.45, 2.75) is 26.3 Å². The van der Waals surface area contributed by atoms with Crippen LogP contribution in [0.5, 0.6) is 5.75 Å². The number of hydrogen-bond donors (Lipinski definition) is 1. The first kappa shape index (κ1) is 11.1. The zero-order valence-electron chi connectivity index (χ0n) is 9.42. The molecule has 0 saturated heterocycles. The standard InChI is InChI=1S/C12H19NO/c1-10-6-5-7-11(8-10)14-9-12(2,3)13-4/h5-8,13H,9H2,1-4H3. The molecule has 78 valence electrons. The van der Waals surface area contributed by atoms with Crippen molar-refractivity contribution in [2.24, 2.45) is 0 Å². The van der Waals surface area contributed by atoms with E-state index in [-0.39, 0.29) is 5.54 Å². The van der Waals surface area contributed by atoms with Gasteiger partial charge in [-0.3, -0.25) is 0 Å². The van der Waals surface area contributed by atoms with Crippen LogP contribution in [0.15, 0.2) is 24.3 Å². The molecule has 0 aliphatic heterocycles. The van der Waals surface area contributed by atoms with Crippen LogP contribution in [0.2, 0.25) is 0 Å². The highest BCUT2D eigenvalue weighted by atomic mass is 16.5. The average Bonchev–Trinajstić information content (AvgIpc) is 2.15. The summed E-state index contributed by atoms with van der Waals surface area (Å²) in [5.41, 5.74) is 1.24. The zero-order valence-corrected chi connectivity index (χ0v) is 9.42. The second kappa shape index (κ2) is 4.47. The van der Waals surface area contributed by atoms with Crippen LogP contribution in [0.3, 0.4) is 0 Å². The van der Waals surface area contributed by atoms with Crippen LogP contribution in [0.25, 0.3) is 0 Å². The molecule has 0 saturated carbocycles. The summed E-state index contributed by atoms with van der Waals surface area (Å²) in [4.78, 5) is 0. The highest BCUT2D eigenvalue weighted by Crippen LogP contribution is 2.14. The van der Waals surface area contributed by atoms with Crippen molar-refractivity contribution in [2.75, 3.05) is 13.7 Å². The van der Waals surface area contributed by atoms with E-state index >= 15 is 0 Å². The van der Waals surface area contributed by atoms with Crippen molar-refractivity contribution in [3.63, 3.8) is 0 Å². The molecule has 0 amide bonds. The largest absolute Gasteiger partial charge is 0.492 e. The molecule has 0 aliphatic rings. The van der Waals surface area contributed by atoms with Crippen molar-refractivity contribution in [1.29, 1.82) is 0 Å². The summed E-state index contributed by atoms with van der Waals surface area (Å²) in [6.45, 7) is 6.97. The van der Waals surface area contributed by atoms with E-state index in [4.69, 9.17) is 4.74 Å². The maximum atomic E-state index is 5.68. The topological polar surface area (TPSA) is 21.3 Å². The van der Waals surface area contributed by atoms with Gasteiger partial charge in [0.05, 0.1) is 0 Å². The first-order valence-electron chi connectivity index (χ1n) is 4.92. The minimum absolute atomic E-state index is 0.0176. The molecule has 2 heteroatoms. The van der Waals surface area contributed by atoms with Gasteiger partial charge in [0, 0.05) is 5.54 Å². The third kappa shape index (κ3) is 3.38. The fraction of sp³-hybridized carbons (Fsp3) is 0.500. The molecular formula is C12H19NO. The Balaban J connectivity index is 2.54. The number of aryl methyl sites for hydroxylation is 1. The summed E-state index contributed by atoms with van der Waals surface area (Å²) >= 11 is 0. The highest BCUT2D eigenvalue weighted by Gasteiger charge is 2.15. The third-order valence-electron chi connectivity index (χ3n) is 2.27. The van der Waals surface area contributed by atoms with E-state index in [1.165, 1.54) is 5.56 Å². The Bertz CT molecular complexity index is 294. The van der Waals surface area contributed by atoms with Gasteiger partial charge < -0.3 is 10.1 Å². The van der Waals surface area contributed by atoms with Crippen LogP contribution in [0.1, 0.15) is 19.4 Å². The third-order valence-corrected chi connectivity index (χ3v) is 2.27. The predicted octanol–water partition coefficient (Wildman–Crippen LogP) is 2.37. The molecule has 1 aromatic carbocycles. The van der Waals surface area contributed by atoms with Gasteiger partial charge in [0.15, 0.2) is 0 Å². The maximum absolute atomic E-state index is 5.68. The molecule has 0 fully saturated rings. The molecule has 2 nitrogen and oxygen atoms in total. The predicted molar refractivity (Wildman–Crippen MR) is 59.8 cm³/mol. The summed E-state index contributed by atoms with van der Waals surface area (Å²) in [7, 11) is 1.94. The fourth-order valence-corrected chi connectivity index (χ4v) is 1.04. The van der Waals surface area contributed by atoms with Gasteiger partial charge in [-0.05, 0) is 45.5 Å². The molecular weight excluding hydrogens is 174 g/mol. The van der Waals surface area contributed by atoms with Gasteiger partial charge in [-0.25, -0.2) is 0 Å². The Hall–Kier alpha value is -1.02. The lowest BCUT2D eigenvalue weighted by Gasteiger charge is -2.24. The quantitative estimate of drug-likeness (QED) is 0.792. The number of ether oxygens (including phenoxy) is 1. The summed E-state index contributed by atoms with van der Waals surface area (Å²) in [5, 5.41) is 3.20. The van der Waals surface area contributed by atoms with Gasteiger partial charge in [0.1, 0.15) is 12.4 Å². The van der Waals surface area contributed by atoms with Crippen molar-refractivity contribution < 1.29 is 4.74 Å². The summed E-state index contributed by atoms with van der Waals surface area (Å²) in [6.07, 6.45) is 0. The number of rotatable bonds is 4. The van der Waals surface area contributed by atoms with Gasteiger partial charge in [0.2, 0.25) is 0 Å². The summed E-state index contributed by atoms with van der Waals surface area (Å²) in [5.74, 6) is 0.938. The molecule has 0 atom stereocenters. The van der Waals surface area contributed by atoms with Crippen LogP contribution < -0.4 is 10.1 Å². The lowest BCUT2D eigenvalue weighted by atomic mass is 10.1. The van der Waals surface area contributed by atoms with Crippen molar-refractivity contribution >= 4 is 0 Å². The first-order valence-corrected chi connectivity index (χ1v) is 4.92. The van der Waals surface area contributed by atoms with Gasteiger partial charge in [-0.1, -0.05) is 12.1 Å². The molecule has 1 aromatic rings. The van der Waals surface area contributed by atoms with E-state index in [0.29, 0.717) is 6.61 Å². The molecule has 14 heavy (non-hydrogen) atoms. The smallest absolute Gasteiger partial charge is 0.119 e. The normalized spacial score (nSPS) is 11.4. The Kier molecular flexibility index (Phi) is 3.53. The molecule has 0 radical (unpaired) electrons. The van der Waals surface area contributed by atoms with Crippen molar-refractivity contribution in [3.05, 3.63) is 29.8 Å². The van der Waals surface area contributed by atoms with E-state index in [9.17, 15) is 0 Å². The van der Waals surface area contributed by atoms with Crippen LogP contribution in [0, 0.1) is 6.92 Å². The van der Waals surface area contributed by atoms with Gasteiger partial charge in [0.25, 0.3) is 0 Å². The number of hydrogen-bond acceptors (Lipinski definition) is 2. The lowest BCUT2D eigenvalue weighted by molar-refractivity contribution is 0.217. The van der Waals surface area contributed by atoms with Crippen LogP contribution in [0.4, 0.5) is 0 Å².